The van der Waals surface area contributed by atoms with Crippen molar-refractivity contribution < 1.29 is 4.79 Å². The number of halogens is 2. The maximum absolute atomic E-state index is 11.9. The Morgan fingerprint density at radius 1 is 1.22 bits per heavy atom. The summed E-state index contributed by atoms with van der Waals surface area (Å²) in [6, 6.07) is 9.48. The molecule has 0 radical (unpaired) electrons. The third-order valence-corrected chi connectivity index (χ3v) is 5.91. The van der Waals surface area contributed by atoms with Crippen LogP contribution in [0, 0.1) is 17.8 Å². The first-order valence-electron chi connectivity index (χ1n) is 9.17. The fourth-order valence-corrected chi connectivity index (χ4v) is 4.59. The number of carbonyl (C=O) groups is 1. The second-order valence-corrected chi connectivity index (χ2v) is 8.10. The van der Waals surface area contributed by atoms with E-state index in [-0.39, 0.29) is 5.91 Å². The van der Waals surface area contributed by atoms with Crippen LogP contribution < -0.4 is 10.2 Å². The van der Waals surface area contributed by atoms with Gasteiger partial charge < -0.3 is 10.2 Å². The zero-order valence-electron chi connectivity index (χ0n) is 14.8. The summed E-state index contributed by atoms with van der Waals surface area (Å²) in [5.41, 5.74) is 2.03. The summed E-state index contributed by atoms with van der Waals surface area (Å²) in [4.78, 5) is 18.3. The molecule has 1 saturated carbocycles. The summed E-state index contributed by atoms with van der Waals surface area (Å²) < 4.78 is 0. The van der Waals surface area contributed by atoms with E-state index >= 15 is 0 Å². The number of rotatable bonds is 6. The standard InChI is InChI=1S/C21H21Cl2N3O/c22-15-8-16(23)10-17(9-15)26-12-19-18(20(19)13-26)5-7-25-21(27)4-3-14-2-1-6-24-11-14/h1-4,6,8-11,18-20H,5,7,12-13H2,(H,25,27)/b4-3+/t18-,19-,20+. The molecule has 2 aliphatic rings. The van der Waals surface area contributed by atoms with Crippen molar-refractivity contribution in [2.24, 2.45) is 17.8 Å². The molecule has 0 spiro atoms. The van der Waals surface area contributed by atoms with Crippen LogP contribution in [-0.2, 0) is 4.79 Å². The summed E-state index contributed by atoms with van der Waals surface area (Å²) in [6.45, 7) is 2.80. The third-order valence-electron chi connectivity index (χ3n) is 5.47. The lowest BCUT2D eigenvalue weighted by Gasteiger charge is -2.22. The van der Waals surface area contributed by atoms with E-state index in [0.717, 1.165) is 37.3 Å². The fraction of sp³-hybridized carbons (Fsp3) is 0.333. The molecule has 0 bridgehead atoms. The van der Waals surface area contributed by atoms with E-state index in [0.29, 0.717) is 27.8 Å². The summed E-state index contributed by atoms with van der Waals surface area (Å²) in [5, 5.41) is 4.33. The molecule has 27 heavy (non-hydrogen) atoms. The molecule has 3 atom stereocenters. The zero-order valence-corrected chi connectivity index (χ0v) is 16.3. The molecule has 2 fully saturated rings. The number of nitrogens with zero attached hydrogens (tertiary/aromatic N) is 2. The average molecular weight is 402 g/mol. The highest BCUT2D eigenvalue weighted by molar-refractivity contribution is 6.35. The lowest BCUT2D eigenvalue weighted by molar-refractivity contribution is -0.116. The SMILES string of the molecule is O=C(/C=C/c1cccnc1)NCC[C@@H]1[C@H]2CN(c3cc(Cl)cc(Cl)c3)C[C@@H]12. The molecule has 2 heterocycles. The van der Waals surface area contributed by atoms with Gasteiger partial charge in [-0.25, -0.2) is 0 Å². The molecule has 1 aromatic heterocycles. The van der Waals surface area contributed by atoms with E-state index < -0.39 is 0 Å². The number of pyridine rings is 1. The predicted octanol–water partition coefficient (Wildman–Crippen LogP) is 4.29. The van der Waals surface area contributed by atoms with E-state index in [9.17, 15) is 4.79 Å². The van der Waals surface area contributed by atoms with Gasteiger partial charge in [0, 0.05) is 53.8 Å². The van der Waals surface area contributed by atoms with Gasteiger partial charge in [0.25, 0.3) is 0 Å². The highest BCUT2D eigenvalue weighted by Gasteiger charge is 2.54. The molecule has 4 rings (SSSR count). The molecule has 1 N–H and O–H groups in total. The second kappa shape index (κ2) is 7.91. The largest absolute Gasteiger partial charge is 0.371 e. The number of benzene rings is 1. The van der Waals surface area contributed by atoms with E-state index in [1.54, 1.807) is 30.6 Å². The number of anilines is 1. The van der Waals surface area contributed by atoms with E-state index in [4.69, 9.17) is 23.2 Å². The van der Waals surface area contributed by atoms with Gasteiger partial charge in [-0.2, -0.15) is 0 Å². The Morgan fingerprint density at radius 3 is 2.63 bits per heavy atom. The van der Waals surface area contributed by atoms with Gasteiger partial charge in [-0.15, -0.1) is 0 Å². The molecule has 1 aromatic carbocycles. The minimum absolute atomic E-state index is 0.0557. The average Bonchev–Trinajstić information content (AvgIpc) is 3.10. The Labute approximate surface area is 169 Å². The lowest BCUT2D eigenvalue weighted by Crippen LogP contribution is -2.26. The predicted molar refractivity (Wildman–Crippen MR) is 110 cm³/mol. The first kappa shape index (κ1) is 18.3. The second-order valence-electron chi connectivity index (χ2n) is 7.22. The van der Waals surface area contributed by atoms with Crippen molar-refractivity contribution in [2.45, 2.75) is 6.42 Å². The van der Waals surface area contributed by atoms with Gasteiger partial charge in [0.15, 0.2) is 0 Å². The van der Waals surface area contributed by atoms with Gasteiger partial charge in [-0.3, -0.25) is 9.78 Å². The van der Waals surface area contributed by atoms with Crippen LogP contribution >= 0.6 is 23.2 Å². The van der Waals surface area contributed by atoms with Crippen molar-refractivity contribution in [3.05, 3.63) is 64.4 Å². The Morgan fingerprint density at radius 2 is 1.96 bits per heavy atom. The Bertz CT molecular complexity index is 824. The maximum Gasteiger partial charge on any atom is 0.244 e. The monoisotopic (exact) mass is 401 g/mol. The highest BCUT2D eigenvalue weighted by Crippen LogP contribution is 2.54. The molecule has 1 amide bonds. The van der Waals surface area contributed by atoms with Crippen LogP contribution in [0.25, 0.3) is 6.08 Å². The maximum atomic E-state index is 11.9. The minimum Gasteiger partial charge on any atom is -0.371 e. The van der Waals surface area contributed by atoms with Gasteiger partial charge >= 0.3 is 0 Å². The zero-order chi connectivity index (χ0) is 18.8. The Kier molecular flexibility index (Phi) is 5.37. The number of aromatic nitrogens is 1. The van der Waals surface area contributed by atoms with Crippen LogP contribution in [0.1, 0.15) is 12.0 Å². The Hall–Kier alpha value is -2.04. The van der Waals surface area contributed by atoms with Gasteiger partial charge in [0.1, 0.15) is 0 Å². The van der Waals surface area contributed by atoms with Gasteiger partial charge in [-0.05, 0) is 60.1 Å². The number of nitrogens with one attached hydrogen (secondary N) is 1. The number of amides is 1. The van der Waals surface area contributed by atoms with Crippen LogP contribution in [-0.4, -0.2) is 30.5 Å². The summed E-state index contributed by atoms with van der Waals surface area (Å²) in [5.74, 6) is 2.08. The first-order valence-corrected chi connectivity index (χ1v) is 9.93. The molecule has 1 aliphatic carbocycles. The van der Waals surface area contributed by atoms with Crippen molar-refractivity contribution in [1.82, 2.24) is 10.3 Å². The summed E-state index contributed by atoms with van der Waals surface area (Å²) in [7, 11) is 0. The number of piperidine rings is 1. The van der Waals surface area contributed by atoms with Crippen molar-refractivity contribution in [3.63, 3.8) is 0 Å². The van der Waals surface area contributed by atoms with Crippen molar-refractivity contribution in [2.75, 3.05) is 24.5 Å². The fourth-order valence-electron chi connectivity index (χ4n) is 4.08. The minimum atomic E-state index is -0.0557. The molecular formula is C21H21Cl2N3O. The van der Waals surface area contributed by atoms with Crippen LogP contribution in [0.3, 0.4) is 0 Å². The van der Waals surface area contributed by atoms with Gasteiger partial charge in [0.2, 0.25) is 5.91 Å². The van der Waals surface area contributed by atoms with E-state index in [1.807, 2.05) is 24.3 Å². The van der Waals surface area contributed by atoms with Gasteiger partial charge in [0.05, 0.1) is 0 Å². The molecule has 4 nitrogen and oxygen atoms in total. The van der Waals surface area contributed by atoms with Crippen molar-refractivity contribution in [1.29, 1.82) is 0 Å². The Balaban J connectivity index is 1.19. The van der Waals surface area contributed by atoms with Crippen LogP contribution in [0.5, 0.6) is 0 Å². The quantitative estimate of drug-likeness (QED) is 0.734. The van der Waals surface area contributed by atoms with Crippen LogP contribution in [0.4, 0.5) is 5.69 Å². The molecule has 6 heteroatoms. The summed E-state index contributed by atoms with van der Waals surface area (Å²) >= 11 is 12.2. The molecule has 1 saturated heterocycles. The normalized spacial score (nSPS) is 23.5. The molecule has 2 aromatic rings. The number of fused-ring (bicyclic) bond motifs is 1. The molecular weight excluding hydrogens is 381 g/mol. The van der Waals surface area contributed by atoms with Gasteiger partial charge in [-0.1, -0.05) is 29.3 Å². The van der Waals surface area contributed by atoms with Crippen molar-refractivity contribution in [3.8, 4) is 0 Å². The summed E-state index contributed by atoms with van der Waals surface area (Å²) in [6.07, 6.45) is 7.82. The van der Waals surface area contributed by atoms with Crippen LogP contribution in [0.2, 0.25) is 10.0 Å². The number of hydrogen-bond donors (Lipinski definition) is 1. The van der Waals surface area contributed by atoms with Crippen LogP contribution in [0.15, 0.2) is 48.8 Å². The molecule has 0 unspecified atom stereocenters. The smallest absolute Gasteiger partial charge is 0.244 e. The lowest BCUT2D eigenvalue weighted by atomic mass is 10.2. The molecule has 140 valence electrons. The van der Waals surface area contributed by atoms with E-state index in [2.05, 4.69) is 15.2 Å². The highest BCUT2D eigenvalue weighted by atomic mass is 35.5. The third kappa shape index (κ3) is 4.45. The molecule has 1 aliphatic heterocycles. The van der Waals surface area contributed by atoms with Crippen molar-refractivity contribution >= 4 is 40.9 Å². The topological polar surface area (TPSA) is 45.2 Å². The van der Waals surface area contributed by atoms with E-state index in [1.165, 1.54) is 0 Å². The number of carbonyl (C=O) groups excluding carboxylic acids is 1. The number of hydrogen-bond acceptors (Lipinski definition) is 3. The first-order chi connectivity index (χ1) is 13.1.